The maximum atomic E-state index is 14.6. The van der Waals surface area contributed by atoms with Crippen LogP contribution in [-0.2, 0) is 11.5 Å². The van der Waals surface area contributed by atoms with E-state index < -0.39 is 36.8 Å². The Bertz CT molecular complexity index is 1390. The van der Waals surface area contributed by atoms with E-state index in [4.69, 9.17) is 14.2 Å². The Morgan fingerprint density at radius 1 is 1.08 bits per heavy atom. The van der Waals surface area contributed by atoms with Gasteiger partial charge in [-0.1, -0.05) is 31.3 Å². The van der Waals surface area contributed by atoms with Crippen molar-refractivity contribution in [2.45, 2.75) is 25.9 Å². The van der Waals surface area contributed by atoms with E-state index in [-0.39, 0.29) is 12.5 Å². The first-order chi connectivity index (χ1) is 17.3. The molecule has 0 spiro atoms. The van der Waals surface area contributed by atoms with Crippen molar-refractivity contribution in [3.05, 3.63) is 76.6 Å². The van der Waals surface area contributed by atoms with Crippen LogP contribution >= 0.6 is 0 Å². The van der Waals surface area contributed by atoms with E-state index in [9.17, 15) is 18.9 Å². The minimum Gasteiger partial charge on any atom is -0.496 e. The van der Waals surface area contributed by atoms with E-state index in [1.807, 2.05) is 24.4 Å². The molecule has 0 aliphatic heterocycles. The lowest BCUT2D eigenvalue weighted by atomic mass is 10.0. The van der Waals surface area contributed by atoms with Gasteiger partial charge in [0.1, 0.15) is 23.9 Å². The number of para-hydroxylation sites is 1. The third-order valence-corrected chi connectivity index (χ3v) is 6.70. The van der Waals surface area contributed by atoms with Crippen molar-refractivity contribution in [1.82, 2.24) is 9.55 Å². The van der Waals surface area contributed by atoms with Crippen LogP contribution in [0.5, 0.6) is 17.2 Å². The molecule has 2 aromatic carbocycles. The maximum Gasteiger partial charge on any atom is 0.275 e. The number of hydrogen-bond donors (Lipinski definition) is 0. The number of fused-ring (bicyclic) bond motifs is 1. The first-order valence-electron chi connectivity index (χ1n) is 11.1. The molecule has 4 aromatic rings. The van der Waals surface area contributed by atoms with Gasteiger partial charge in [0.25, 0.3) is 5.69 Å². The summed E-state index contributed by atoms with van der Waals surface area (Å²) in [7, 11) is 1.12. The fourth-order valence-corrected chi connectivity index (χ4v) is 4.29. The zero-order valence-electron chi connectivity index (χ0n) is 20.0. The van der Waals surface area contributed by atoms with Crippen molar-refractivity contribution in [2.75, 3.05) is 13.7 Å². The van der Waals surface area contributed by atoms with E-state index >= 15 is 0 Å². The smallest absolute Gasteiger partial charge is 0.275 e. The number of non-ortho nitro benzene ring substituents is 1. The maximum absolute atomic E-state index is 14.6. The number of halogens is 2. The van der Waals surface area contributed by atoms with E-state index in [0.29, 0.717) is 41.1 Å². The lowest BCUT2D eigenvalue weighted by Crippen LogP contribution is -2.08. The van der Waals surface area contributed by atoms with Gasteiger partial charge in [-0.25, -0.2) is 13.8 Å². The molecule has 36 heavy (non-hydrogen) atoms. The number of methoxy groups -OCH3 is 1. The Labute approximate surface area is 207 Å². The quantitative estimate of drug-likeness (QED) is 0.105. The van der Waals surface area contributed by atoms with Gasteiger partial charge >= 0.3 is 0 Å². The number of hydrogen-bond acceptors (Lipinski definition) is 6. The summed E-state index contributed by atoms with van der Waals surface area (Å²) in [6.07, 6.45) is 3.29. The van der Waals surface area contributed by atoms with Gasteiger partial charge in [-0.2, -0.15) is 0 Å². The molecule has 0 unspecified atom stereocenters. The van der Waals surface area contributed by atoms with Crippen molar-refractivity contribution in [3.63, 3.8) is 0 Å². The van der Waals surface area contributed by atoms with Crippen LogP contribution in [0, 0.1) is 21.7 Å². The van der Waals surface area contributed by atoms with Crippen LogP contribution in [-0.4, -0.2) is 37.0 Å². The first-order valence-corrected chi connectivity index (χ1v) is 13.8. The number of aromatic nitrogens is 2. The molecule has 0 atom stereocenters. The van der Waals surface area contributed by atoms with Crippen LogP contribution < -0.4 is 9.47 Å². The highest BCUT2D eigenvalue weighted by Crippen LogP contribution is 2.42. The summed E-state index contributed by atoms with van der Waals surface area (Å²) in [5.41, 5.74) is 1.15. The van der Waals surface area contributed by atoms with Gasteiger partial charge in [0.05, 0.1) is 29.6 Å². The van der Waals surface area contributed by atoms with Crippen LogP contribution in [0.15, 0.2) is 54.9 Å². The molecule has 0 bridgehead atoms. The molecule has 0 aliphatic rings. The highest BCUT2D eigenvalue weighted by Gasteiger charge is 2.23. The average molecular weight is 513 g/mol. The molecule has 0 N–H and O–H groups in total. The van der Waals surface area contributed by atoms with Crippen LogP contribution in [0.1, 0.15) is 0 Å². The molecule has 187 valence electrons. The van der Waals surface area contributed by atoms with E-state index in [0.717, 1.165) is 11.6 Å². The summed E-state index contributed by atoms with van der Waals surface area (Å²) in [4.78, 5) is 14.6. The predicted octanol–water partition coefficient (Wildman–Crippen LogP) is 6.42. The summed E-state index contributed by atoms with van der Waals surface area (Å²) >= 11 is 0. The topological polar surface area (TPSA) is 88.7 Å². The summed E-state index contributed by atoms with van der Waals surface area (Å²) in [6.45, 7) is 5.23. The second-order valence-electron chi connectivity index (χ2n) is 8.31. The van der Waals surface area contributed by atoms with E-state index in [1.165, 1.54) is 12.3 Å². The highest BCUT2D eigenvalue weighted by molar-refractivity contribution is 6.55. The molecule has 2 heterocycles. The standard InChI is InChI=1S/C25H24F2N3O5Si/c1-33-21-7-5-4-6-17(21)18-14-29(15-34-10-11-36(2)3)25-23(18)22(8-9-28-25)35-24-19(26)12-16(30(31)32)13-20(24)27/h4-9,12-14H,10-11,15H2,1-3H3. The summed E-state index contributed by atoms with van der Waals surface area (Å²) in [5, 5.41) is 11.4. The Kier molecular flexibility index (Phi) is 7.60. The van der Waals surface area contributed by atoms with Crippen LogP contribution in [0.2, 0.25) is 19.1 Å². The highest BCUT2D eigenvalue weighted by atomic mass is 28.3. The molecule has 4 rings (SSSR count). The molecule has 0 saturated carbocycles. The molecular formula is C25H24F2N3O5Si. The monoisotopic (exact) mass is 512 g/mol. The molecule has 11 heteroatoms. The molecule has 0 fully saturated rings. The van der Waals surface area contributed by atoms with E-state index in [2.05, 4.69) is 18.1 Å². The molecule has 8 nitrogen and oxygen atoms in total. The van der Waals surface area contributed by atoms with Crippen LogP contribution in [0.4, 0.5) is 14.5 Å². The van der Waals surface area contributed by atoms with Crippen molar-refractivity contribution < 1.29 is 27.9 Å². The Hall–Kier alpha value is -3.83. The third-order valence-electron chi connectivity index (χ3n) is 5.50. The van der Waals surface area contributed by atoms with Crippen molar-refractivity contribution in [2.24, 2.45) is 0 Å². The average Bonchev–Trinajstić information content (AvgIpc) is 3.23. The van der Waals surface area contributed by atoms with E-state index in [1.54, 1.807) is 17.7 Å². The molecule has 0 aliphatic carbocycles. The summed E-state index contributed by atoms with van der Waals surface area (Å²) < 4.78 is 48.2. The van der Waals surface area contributed by atoms with Gasteiger partial charge < -0.3 is 18.8 Å². The Morgan fingerprint density at radius 3 is 2.47 bits per heavy atom. The number of nitrogens with zero attached hydrogens (tertiary/aromatic N) is 3. The second kappa shape index (κ2) is 10.8. The fraction of sp³-hybridized carbons (Fsp3) is 0.240. The first kappa shape index (κ1) is 25.3. The minimum atomic E-state index is -1.19. The molecule has 0 amide bonds. The molecular weight excluding hydrogens is 488 g/mol. The molecule has 0 saturated heterocycles. The second-order valence-corrected chi connectivity index (χ2v) is 11.2. The summed E-state index contributed by atoms with van der Waals surface area (Å²) in [5.74, 6) is -2.42. The number of pyridine rings is 1. The number of ether oxygens (including phenoxy) is 3. The Balaban J connectivity index is 1.83. The van der Waals surface area contributed by atoms with Gasteiger partial charge in [0.2, 0.25) is 0 Å². The number of rotatable bonds is 10. The van der Waals surface area contributed by atoms with Crippen LogP contribution in [0.25, 0.3) is 22.2 Å². The van der Waals surface area contributed by atoms with Gasteiger partial charge in [-0.15, -0.1) is 0 Å². The third kappa shape index (κ3) is 5.21. The van der Waals surface area contributed by atoms with Crippen molar-refractivity contribution in [1.29, 1.82) is 0 Å². The number of nitro benzene ring substituents is 1. The van der Waals surface area contributed by atoms with Gasteiger partial charge in [0.15, 0.2) is 17.4 Å². The van der Waals surface area contributed by atoms with Crippen molar-refractivity contribution >= 4 is 25.5 Å². The van der Waals surface area contributed by atoms with Gasteiger partial charge in [0, 0.05) is 38.9 Å². The van der Waals surface area contributed by atoms with Crippen molar-refractivity contribution in [3.8, 4) is 28.4 Å². The largest absolute Gasteiger partial charge is 0.496 e. The zero-order valence-corrected chi connectivity index (χ0v) is 21.0. The molecule has 1 radical (unpaired) electrons. The number of benzene rings is 2. The lowest BCUT2D eigenvalue weighted by molar-refractivity contribution is -0.385. The van der Waals surface area contributed by atoms with Crippen LogP contribution in [0.3, 0.4) is 0 Å². The predicted molar refractivity (Wildman–Crippen MR) is 133 cm³/mol. The number of nitro groups is 1. The summed E-state index contributed by atoms with van der Waals surface area (Å²) in [6, 6.07) is 11.0. The van der Waals surface area contributed by atoms with Gasteiger partial charge in [-0.05, 0) is 18.2 Å². The van der Waals surface area contributed by atoms with Gasteiger partial charge in [-0.3, -0.25) is 10.1 Å². The normalized spacial score (nSPS) is 11.3. The minimum absolute atomic E-state index is 0.124. The molecule has 2 aromatic heterocycles. The lowest BCUT2D eigenvalue weighted by Gasteiger charge is -2.12. The zero-order chi connectivity index (χ0) is 25.8. The Morgan fingerprint density at radius 2 is 1.81 bits per heavy atom. The fourth-order valence-electron chi connectivity index (χ4n) is 3.74. The SMILES string of the molecule is COc1ccccc1-c1cn(COCC[Si](C)C)c2nccc(Oc3c(F)cc([N+](=O)[O-])cc3F)c12.